The van der Waals surface area contributed by atoms with Crippen LogP contribution in [0.1, 0.15) is 39.5 Å². The van der Waals surface area contributed by atoms with Crippen LogP contribution in [-0.2, 0) is 4.74 Å². The Labute approximate surface area is 118 Å². The van der Waals surface area contributed by atoms with E-state index in [1.165, 1.54) is 25.9 Å². The predicted molar refractivity (Wildman–Crippen MR) is 78.7 cm³/mol. The van der Waals surface area contributed by atoms with Crippen LogP contribution in [-0.4, -0.2) is 72.8 Å². The predicted octanol–water partition coefficient (Wildman–Crippen LogP) is 1.60. The van der Waals surface area contributed by atoms with Crippen LogP contribution in [0.5, 0.6) is 0 Å². The number of hydrogen-bond acceptors (Lipinski definition) is 3. The van der Waals surface area contributed by atoms with Crippen LogP contribution in [0.3, 0.4) is 0 Å². The zero-order chi connectivity index (χ0) is 13.8. The molecular formula is C15H30N3O+. The summed E-state index contributed by atoms with van der Waals surface area (Å²) in [5, 5.41) is 2.29. The topological polar surface area (TPSA) is 18.7 Å². The van der Waals surface area contributed by atoms with E-state index in [9.17, 15) is 0 Å². The van der Waals surface area contributed by atoms with Crippen LogP contribution < -0.4 is 0 Å². The van der Waals surface area contributed by atoms with Gasteiger partial charge >= 0.3 is 0 Å². The Kier molecular flexibility index (Phi) is 5.22. The molecule has 0 N–H and O–H groups in total. The first-order valence-corrected chi connectivity index (χ1v) is 7.75. The second kappa shape index (κ2) is 6.71. The number of piperidine rings is 2. The molecule has 4 heteroatoms. The van der Waals surface area contributed by atoms with E-state index in [-0.39, 0.29) is 0 Å². The number of hydrogen-bond donors (Lipinski definition) is 0. The standard InChI is InChI=1S/C15H30N3O/c1-13(2)17-9-5-14(6-10-17)19-15-7-11-18(12-8-15)16(3)4/h13-15H,3,5-12H2,1-2,4H3/q+1. The molecule has 0 amide bonds. The zero-order valence-corrected chi connectivity index (χ0v) is 12.8. The van der Waals surface area contributed by atoms with Crippen molar-refractivity contribution in [1.29, 1.82) is 0 Å². The van der Waals surface area contributed by atoms with E-state index in [0.717, 1.165) is 25.9 Å². The molecule has 19 heavy (non-hydrogen) atoms. The second-order valence-electron chi connectivity index (χ2n) is 6.28. The quantitative estimate of drug-likeness (QED) is 0.570. The SMILES string of the molecule is C=[N+](C)N1CCC(OC2CCN(C(C)C)CC2)CC1. The molecule has 2 heterocycles. The molecule has 2 saturated heterocycles. The van der Waals surface area contributed by atoms with Gasteiger partial charge in [0.25, 0.3) is 0 Å². The van der Waals surface area contributed by atoms with Crippen molar-refractivity contribution in [3.05, 3.63) is 0 Å². The molecule has 4 nitrogen and oxygen atoms in total. The number of hydrazine groups is 1. The molecule has 0 saturated carbocycles. The van der Waals surface area contributed by atoms with Gasteiger partial charge in [-0.2, -0.15) is 5.01 Å². The lowest BCUT2D eigenvalue weighted by Gasteiger charge is -2.37. The first kappa shape index (κ1) is 14.8. The van der Waals surface area contributed by atoms with Crippen molar-refractivity contribution in [2.75, 3.05) is 33.2 Å². The summed E-state index contributed by atoms with van der Waals surface area (Å²) in [4.78, 5) is 2.56. The summed E-state index contributed by atoms with van der Waals surface area (Å²) in [5.41, 5.74) is 0. The summed E-state index contributed by atoms with van der Waals surface area (Å²) < 4.78 is 8.25. The number of nitrogens with zero attached hydrogens (tertiary/aromatic N) is 3. The van der Waals surface area contributed by atoms with Crippen molar-refractivity contribution in [2.45, 2.75) is 57.8 Å². The van der Waals surface area contributed by atoms with Crippen molar-refractivity contribution < 1.29 is 9.42 Å². The molecule has 2 aliphatic rings. The van der Waals surface area contributed by atoms with Gasteiger partial charge in [0, 0.05) is 19.1 Å². The van der Waals surface area contributed by atoms with Crippen LogP contribution in [0.15, 0.2) is 0 Å². The minimum atomic E-state index is 0.465. The summed E-state index contributed by atoms with van der Waals surface area (Å²) in [5.74, 6) is 0. The number of likely N-dealkylation sites (tertiary alicyclic amines) is 1. The van der Waals surface area contributed by atoms with Gasteiger partial charge in [-0.15, -0.1) is 4.68 Å². The molecule has 0 spiro atoms. The van der Waals surface area contributed by atoms with Crippen LogP contribution in [0, 0.1) is 0 Å². The van der Waals surface area contributed by atoms with Crippen molar-refractivity contribution in [3.8, 4) is 0 Å². The average molecular weight is 268 g/mol. The smallest absolute Gasteiger partial charge is 0.161 e. The van der Waals surface area contributed by atoms with Gasteiger partial charge in [-0.05, 0) is 39.5 Å². The second-order valence-corrected chi connectivity index (χ2v) is 6.28. The van der Waals surface area contributed by atoms with Gasteiger partial charge in [0.1, 0.15) is 0 Å². The lowest BCUT2D eigenvalue weighted by Crippen LogP contribution is -2.45. The molecular weight excluding hydrogens is 238 g/mol. The van der Waals surface area contributed by atoms with Gasteiger partial charge in [0.15, 0.2) is 13.8 Å². The molecule has 0 bridgehead atoms. The first-order chi connectivity index (χ1) is 9.06. The van der Waals surface area contributed by atoms with Crippen molar-refractivity contribution in [3.63, 3.8) is 0 Å². The molecule has 0 aromatic heterocycles. The fraction of sp³-hybridized carbons (Fsp3) is 0.933. The van der Waals surface area contributed by atoms with E-state index < -0.39 is 0 Å². The van der Waals surface area contributed by atoms with Gasteiger partial charge in [0.2, 0.25) is 0 Å². The van der Waals surface area contributed by atoms with Gasteiger partial charge in [-0.3, -0.25) is 0 Å². The van der Waals surface area contributed by atoms with Gasteiger partial charge < -0.3 is 9.64 Å². The van der Waals surface area contributed by atoms with Gasteiger partial charge in [-0.1, -0.05) is 0 Å². The van der Waals surface area contributed by atoms with Crippen LogP contribution in [0.2, 0.25) is 0 Å². The highest BCUT2D eigenvalue weighted by molar-refractivity contribution is 5.13. The van der Waals surface area contributed by atoms with E-state index in [1.54, 1.807) is 0 Å². The molecule has 0 aromatic rings. The van der Waals surface area contributed by atoms with E-state index in [2.05, 4.69) is 30.5 Å². The summed E-state index contributed by atoms with van der Waals surface area (Å²) in [6.07, 6.45) is 5.64. The maximum absolute atomic E-state index is 6.30. The third kappa shape index (κ3) is 4.18. The molecule has 110 valence electrons. The molecule has 0 atom stereocenters. The lowest BCUT2D eigenvalue weighted by atomic mass is 10.0. The Morgan fingerprint density at radius 1 is 1.00 bits per heavy atom. The fourth-order valence-electron chi connectivity index (χ4n) is 3.12. The summed E-state index contributed by atoms with van der Waals surface area (Å²) in [7, 11) is 2.02. The minimum Gasteiger partial charge on any atom is -0.375 e. The minimum absolute atomic E-state index is 0.465. The average Bonchev–Trinajstić information content (AvgIpc) is 2.40. The Morgan fingerprint density at radius 3 is 1.89 bits per heavy atom. The Hall–Kier alpha value is -0.610. The Bertz CT molecular complexity index is 290. The molecule has 0 aliphatic carbocycles. The van der Waals surface area contributed by atoms with Crippen molar-refractivity contribution in [1.82, 2.24) is 9.91 Å². The summed E-state index contributed by atoms with van der Waals surface area (Å²) >= 11 is 0. The fourth-order valence-corrected chi connectivity index (χ4v) is 3.12. The number of ether oxygens (including phenoxy) is 1. The van der Waals surface area contributed by atoms with Crippen LogP contribution in [0.25, 0.3) is 0 Å². The lowest BCUT2D eigenvalue weighted by molar-refractivity contribution is -0.664. The molecule has 0 radical (unpaired) electrons. The zero-order valence-electron chi connectivity index (χ0n) is 12.8. The highest BCUT2D eigenvalue weighted by Gasteiger charge is 2.27. The molecule has 2 rings (SSSR count). The van der Waals surface area contributed by atoms with Crippen LogP contribution >= 0.6 is 0 Å². The number of rotatable bonds is 4. The molecule has 0 unspecified atom stereocenters. The Balaban J connectivity index is 1.68. The number of hydrazone groups is 1. The normalized spacial score (nSPS) is 24.1. The Morgan fingerprint density at radius 2 is 1.47 bits per heavy atom. The summed E-state index contributed by atoms with van der Waals surface area (Å²) in [6.45, 7) is 13.1. The molecule has 0 aromatic carbocycles. The summed E-state index contributed by atoms with van der Waals surface area (Å²) in [6, 6.07) is 0.678. The van der Waals surface area contributed by atoms with Crippen LogP contribution in [0.4, 0.5) is 0 Å². The third-order valence-electron chi connectivity index (χ3n) is 4.49. The van der Waals surface area contributed by atoms with Crippen molar-refractivity contribution >= 4 is 6.72 Å². The largest absolute Gasteiger partial charge is 0.375 e. The monoisotopic (exact) mass is 268 g/mol. The third-order valence-corrected chi connectivity index (χ3v) is 4.49. The van der Waals surface area contributed by atoms with E-state index in [0.29, 0.717) is 18.2 Å². The highest BCUT2D eigenvalue weighted by atomic mass is 16.5. The molecule has 2 aliphatic heterocycles. The first-order valence-electron chi connectivity index (χ1n) is 7.75. The molecule has 2 fully saturated rings. The van der Waals surface area contributed by atoms with E-state index >= 15 is 0 Å². The van der Waals surface area contributed by atoms with Crippen molar-refractivity contribution in [2.24, 2.45) is 0 Å². The highest BCUT2D eigenvalue weighted by Crippen LogP contribution is 2.21. The van der Waals surface area contributed by atoms with E-state index in [4.69, 9.17) is 4.74 Å². The maximum atomic E-state index is 6.30. The maximum Gasteiger partial charge on any atom is 0.161 e. The van der Waals surface area contributed by atoms with E-state index in [1.807, 2.05) is 11.7 Å². The van der Waals surface area contributed by atoms with Gasteiger partial charge in [0.05, 0.1) is 25.3 Å². The van der Waals surface area contributed by atoms with Gasteiger partial charge in [-0.25, -0.2) is 0 Å².